The third kappa shape index (κ3) is 5.92. The Bertz CT molecular complexity index is 1560. The van der Waals surface area contributed by atoms with Crippen LogP contribution in [0.3, 0.4) is 0 Å². The molecule has 0 aliphatic carbocycles. The molecule has 6 rings (SSSR count). The lowest BCUT2D eigenvalue weighted by atomic mass is 9.76. The number of benzene rings is 3. The van der Waals surface area contributed by atoms with E-state index in [4.69, 9.17) is 9.47 Å². The van der Waals surface area contributed by atoms with Crippen LogP contribution in [0.1, 0.15) is 57.9 Å². The molecule has 1 unspecified atom stereocenters. The molecule has 3 aromatic rings. The van der Waals surface area contributed by atoms with Gasteiger partial charge < -0.3 is 25.0 Å². The Balaban J connectivity index is 1.39. The first kappa shape index (κ1) is 29.8. The molecule has 3 fully saturated rings. The monoisotopic (exact) mass is 596 g/mol. The lowest BCUT2D eigenvalue weighted by molar-refractivity contribution is -0.124. The maximum atomic E-state index is 15.3. The van der Waals surface area contributed by atoms with Crippen LogP contribution in [0.5, 0.6) is 0 Å². The van der Waals surface area contributed by atoms with E-state index in [1.165, 1.54) is 6.07 Å². The topological polar surface area (TPSA) is 104 Å². The predicted molar refractivity (Wildman–Crippen MR) is 165 cm³/mol. The standard InChI is InChI=1S/C35H37FN4O4/c1-21-6-9-28(16-24(21)18-37)39-34(41)29-17-25-19-44-20-31(25)40(35(42)32-22(2)4-3-5-30(32)36)33(29)23-7-10-26(11-8-23)38-27-12-14-43-15-13-27/h3-11,16,25,27,29,31,33,38H,12-15,17,19-20H2,1-2H3,(H,39,41)/t25-,29-,31?,33-/m0/s1. The number of rotatable bonds is 6. The van der Waals surface area contributed by atoms with Crippen LogP contribution in [0, 0.1) is 42.8 Å². The van der Waals surface area contributed by atoms with E-state index < -0.39 is 23.7 Å². The van der Waals surface area contributed by atoms with Crippen LogP contribution < -0.4 is 10.6 Å². The summed E-state index contributed by atoms with van der Waals surface area (Å²) in [6, 6.07) is 19.2. The van der Waals surface area contributed by atoms with E-state index in [0.29, 0.717) is 42.5 Å². The van der Waals surface area contributed by atoms with Crippen molar-refractivity contribution < 1.29 is 23.5 Å². The number of carbonyl (C=O) groups excluding carboxylic acids is 2. The Morgan fingerprint density at radius 3 is 2.43 bits per heavy atom. The number of nitriles is 1. The molecule has 3 aliphatic heterocycles. The fourth-order valence-corrected chi connectivity index (χ4v) is 6.84. The highest BCUT2D eigenvalue weighted by Crippen LogP contribution is 2.46. The maximum Gasteiger partial charge on any atom is 0.257 e. The summed E-state index contributed by atoms with van der Waals surface area (Å²) in [7, 11) is 0. The summed E-state index contributed by atoms with van der Waals surface area (Å²) in [6.45, 7) is 5.75. The van der Waals surface area contributed by atoms with E-state index in [2.05, 4.69) is 16.7 Å². The number of nitrogens with one attached hydrogen (secondary N) is 2. The van der Waals surface area contributed by atoms with Gasteiger partial charge in [-0.05, 0) is 80.1 Å². The van der Waals surface area contributed by atoms with E-state index in [1.807, 2.05) is 31.2 Å². The quantitative estimate of drug-likeness (QED) is 0.375. The molecule has 2 amide bonds. The molecule has 3 heterocycles. The zero-order valence-corrected chi connectivity index (χ0v) is 25.0. The van der Waals surface area contributed by atoms with E-state index >= 15 is 4.39 Å². The highest BCUT2D eigenvalue weighted by Gasteiger charge is 2.51. The molecule has 228 valence electrons. The number of piperidine rings is 1. The molecule has 2 N–H and O–H groups in total. The molecule has 0 spiro atoms. The van der Waals surface area contributed by atoms with Gasteiger partial charge in [0.1, 0.15) is 5.82 Å². The Labute approximate surface area is 257 Å². The number of hydrogen-bond donors (Lipinski definition) is 2. The van der Waals surface area contributed by atoms with E-state index in [-0.39, 0.29) is 23.4 Å². The van der Waals surface area contributed by atoms with E-state index in [1.54, 1.807) is 42.2 Å². The normalized spacial score (nSPS) is 23.5. The molecule has 9 heteroatoms. The number of nitrogens with zero attached hydrogens (tertiary/aromatic N) is 2. The average Bonchev–Trinajstić information content (AvgIpc) is 3.50. The molecule has 0 radical (unpaired) electrons. The Hall–Kier alpha value is -4.26. The molecular weight excluding hydrogens is 559 g/mol. The van der Waals surface area contributed by atoms with Gasteiger partial charge in [0.2, 0.25) is 5.91 Å². The number of fused-ring (bicyclic) bond motifs is 1. The van der Waals surface area contributed by atoms with Gasteiger partial charge in [-0.2, -0.15) is 5.26 Å². The first-order valence-corrected chi connectivity index (χ1v) is 15.3. The summed E-state index contributed by atoms with van der Waals surface area (Å²) in [4.78, 5) is 30.2. The fourth-order valence-electron chi connectivity index (χ4n) is 6.84. The zero-order valence-electron chi connectivity index (χ0n) is 25.0. The van der Waals surface area contributed by atoms with Gasteiger partial charge in [0.15, 0.2) is 0 Å². The second-order valence-corrected chi connectivity index (χ2v) is 12.1. The van der Waals surface area contributed by atoms with Crippen molar-refractivity contribution in [2.24, 2.45) is 11.8 Å². The number of aryl methyl sites for hydroxylation is 2. The van der Waals surface area contributed by atoms with Gasteiger partial charge in [-0.15, -0.1) is 0 Å². The van der Waals surface area contributed by atoms with Gasteiger partial charge in [-0.1, -0.05) is 30.3 Å². The van der Waals surface area contributed by atoms with Crippen molar-refractivity contribution in [2.75, 3.05) is 37.1 Å². The number of likely N-dealkylation sites (tertiary alicyclic amines) is 1. The third-order valence-corrected chi connectivity index (χ3v) is 9.24. The van der Waals surface area contributed by atoms with Crippen LogP contribution in [-0.4, -0.2) is 55.2 Å². The minimum Gasteiger partial charge on any atom is -0.382 e. The van der Waals surface area contributed by atoms with Crippen molar-refractivity contribution in [1.29, 1.82) is 5.26 Å². The van der Waals surface area contributed by atoms with E-state index in [9.17, 15) is 14.9 Å². The summed E-state index contributed by atoms with van der Waals surface area (Å²) in [5.74, 6) is -2.03. The molecule has 44 heavy (non-hydrogen) atoms. The molecule has 0 aromatic heterocycles. The van der Waals surface area contributed by atoms with Crippen molar-refractivity contribution in [3.63, 3.8) is 0 Å². The Kier molecular flexibility index (Phi) is 8.65. The summed E-state index contributed by atoms with van der Waals surface area (Å²) < 4.78 is 26.6. The van der Waals surface area contributed by atoms with Crippen LogP contribution in [-0.2, 0) is 14.3 Å². The van der Waals surface area contributed by atoms with Gasteiger partial charge in [-0.25, -0.2) is 4.39 Å². The molecule has 4 atom stereocenters. The van der Waals surface area contributed by atoms with Crippen LogP contribution in [0.2, 0.25) is 0 Å². The predicted octanol–water partition coefficient (Wildman–Crippen LogP) is 5.76. The number of halogens is 1. The summed E-state index contributed by atoms with van der Waals surface area (Å²) in [6.07, 6.45) is 2.35. The van der Waals surface area contributed by atoms with Crippen LogP contribution >= 0.6 is 0 Å². The van der Waals surface area contributed by atoms with Crippen LogP contribution in [0.25, 0.3) is 0 Å². The molecule has 3 saturated heterocycles. The maximum absolute atomic E-state index is 15.3. The number of amides is 2. The third-order valence-electron chi connectivity index (χ3n) is 9.24. The smallest absolute Gasteiger partial charge is 0.257 e. The molecule has 0 saturated carbocycles. The van der Waals surface area contributed by atoms with Gasteiger partial charge in [0.25, 0.3) is 5.91 Å². The zero-order chi connectivity index (χ0) is 30.8. The van der Waals surface area contributed by atoms with Gasteiger partial charge in [0.05, 0.1) is 48.4 Å². The van der Waals surface area contributed by atoms with Gasteiger partial charge >= 0.3 is 0 Å². The van der Waals surface area contributed by atoms with Crippen molar-refractivity contribution in [2.45, 2.75) is 51.2 Å². The molecule has 0 bridgehead atoms. The minimum atomic E-state index is -0.664. The number of hydrogen-bond acceptors (Lipinski definition) is 6. The largest absolute Gasteiger partial charge is 0.382 e. The average molecular weight is 597 g/mol. The summed E-state index contributed by atoms with van der Waals surface area (Å²) in [5, 5.41) is 16.1. The fraction of sp³-hybridized carbons (Fsp3) is 0.400. The summed E-state index contributed by atoms with van der Waals surface area (Å²) in [5.41, 5.74) is 4.10. The molecule has 3 aromatic carbocycles. The second-order valence-electron chi connectivity index (χ2n) is 12.1. The van der Waals surface area contributed by atoms with Crippen molar-refractivity contribution in [3.8, 4) is 6.07 Å². The number of anilines is 2. The molecular formula is C35H37FN4O4. The number of carbonyl (C=O) groups is 2. The van der Waals surface area contributed by atoms with Crippen molar-refractivity contribution >= 4 is 23.2 Å². The van der Waals surface area contributed by atoms with Gasteiger partial charge in [-0.3, -0.25) is 9.59 Å². The lowest BCUT2D eigenvalue weighted by Crippen LogP contribution is -2.55. The second kappa shape index (κ2) is 12.8. The highest BCUT2D eigenvalue weighted by atomic mass is 19.1. The Morgan fingerprint density at radius 1 is 0.955 bits per heavy atom. The van der Waals surface area contributed by atoms with Gasteiger partial charge in [0, 0.05) is 36.5 Å². The first-order valence-electron chi connectivity index (χ1n) is 15.3. The summed E-state index contributed by atoms with van der Waals surface area (Å²) >= 11 is 0. The molecule has 3 aliphatic rings. The Morgan fingerprint density at radius 2 is 1.70 bits per heavy atom. The highest BCUT2D eigenvalue weighted by molar-refractivity contribution is 5.98. The van der Waals surface area contributed by atoms with Crippen LogP contribution in [0.15, 0.2) is 60.7 Å². The SMILES string of the molecule is Cc1ccc(NC(=O)[C@H]2C[C@H]3COCC3N(C(=O)c3c(C)cccc3F)[C@H]2c2ccc(NC3CCOCC3)cc2)cc1C#N. The first-order chi connectivity index (χ1) is 21.3. The van der Waals surface area contributed by atoms with E-state index in [0.717, 1.165) is 42.9 Å². The molecule has 8 nitrogen and oxygen atoms in total. The van der Waals surface area contributed by atoms with Crippen LogP contribution in [0.4, 0.5) is 15.8 Å². The lowest BCUT2D eigenvalue weighted by Gasteiger charge is -2.47. The minimum absolute atomic E-state index is 0.0132. The van der Waals surface area contributed by atoms with Crippen molar-refractivity contribution in [3.05, 3.63) is 94.3 Å². The van der Waals surface area contributed by atoms with Crippen molar-refractivity contribution in [1.82, 2.24) is 4.90 Å². The number of ether oxygens (including phenoxy) is 2.